The van der Waals surface area contributed by atoms with Crippen molar-refractivity contribution in [2.45, 2.75) is 33.4 Å². The van der Waals surface area contributed by atoms with E-state index in [4.69, 9.17) is 4.84 Å². The number of hydrogen-bond acceptors (Lipinski definition) is 6. The molecule has 1 heterocycles. The monoisotopic (exact) mass is 513 g/mol. The molecular weight excluding hydrogens is 486 g/mol. The molecule has 3 aromatic rings. The smallest absolute Gasteiger partial charge is 0.304 e. The number of oxime groups is 1. The lowest BCUT2D eigenvalue weighted by molar-refractivity contribution is -0.122. The second kappa shape index (κ2) is 12.3. The van der Waals surface area contributed by atoms with Gasteiger partial charge >= 0.3 is 5.91 Å². The Morgan fingerprint density at radius 1 is 1.15 bits per heavy atom. The highest BCUT2D eigenvalue weighted by Gasteiger charge is 2.19. The molecule has 1 aromatic heterocycles. The van der Waals surface area contributed by atoms with Gasteiger partial charge in [0.15, 0.2) is 12.3 Å². The van der Waals surface area contributed by atoms with Crippen molar-refractivity contribution in [3.8, 4) is 5.88 Å². The van der Waals surface area contributed by atoms with Gasteiger partial charge in [0, 0.05) is 9.86 Å². The average molecular weight is 514 g/mol. The summed E-state index contributed by atoms with van der Waals surface area (Å²) in [6.07, 6.45) is 3.54. The van der Waals surface area contributed by atoms with E-state index in [0.717, 1.165) is 41.5 Å². The molecule has 0 saturated heterocycles. The lowest BCUT2D eigenvalue weighted by Gasteiger charge is -2.22. The minimum Gasteiger partial charge on any atom is -0.493 e. The largest absolute Gasteiger partial charge is 0.493 e. The predicted molar refractivity (Wildman–Crippen MR) is 133 cm³/mol. The van der Waals surface area contributed by atoms with Crippen molar-refractivity contribution < 1.29 is 14.7 Å². The number of aromatic nitrogens is 1. The van der Waals surface area contributed by atoms with Crippen LogP contribution in [0.15, 0.2) is 68.4 Å². The van der Waals surface area contributed by atoms with E-state index >= 15 is 0 Å². The van der Waals surface area contributed by atoms with Crippen molar-refractivity contribution in [2.24, 2.45) is 15.4 Å². The molecule has 0 aliphatic carbocycles. The first kappa shape index (κ1) is 24.6. The summed E-state index contributed by atoms with van der Waals surface area (Å²) >= 11 is 3.47. The van der Waals surface area contributed by atoms with Gasteiger partial charge in [0.05, 0.1) is 18.4 Å². The summed E-state index contributed by atoms with van der Waals surface area (Å²) in [5.74, 6) is -0.631. The fourth-order valence-corrected chi connectivity index (χ4v) is 3.85. The number of azo groups is 1. The van der Waals surface area contributed by atoms with Crippen LogP contribution in [0.3, 0.4) is 0 Å². The first-order valence-electron chi connectivity index (χ1n) is 10.9. The number of rotatable bonds is 11. The van der Waals surface area contributed by atoms with E-state index < -0.39 is 5.91 Å². The molecule has 0 radical (unpaired) electrons. The summed E-state index contributed by atoms with van der Waals surface area (Å²) in [5.41, 5.74) is 1.92. The fraction of sp³-hybridized carbons (Fsp3) is 0.333. The number of carbonyl (C=O) groups excluding carboxylic acids is 1. The molecule has 1 amide bonds. The molecule has 33 heavy (non-hydrogen) atoms. The third kappa shape index (κ3) is 6.72. The van der Waals surface area contributed by atoms with Crippen molar-refractivity contribution >= 4 is 44.6 Å². The highest BCUT2D eigenvalue weighted by Crippen LogP contribution is 2.40. The van der Waals surface area contributed by atoms with E-state index in [9.17, 15) is 9.90 Å². The molecule has 0 aliphatic heterocycles. The number of carbonyl (C=O) groups is 1. The van der Waals surface area contributed by atoms with Crippen LogP contribution in [0.5, 0.6) is 5.88 Å². The van der Waals surface area contributed by atoms with Gasteiger partial charge in [-0.2, -0.15) is 0 Å². The number of nitrogens with zero attached hydrogens (tertiary/aromatic N) is 5. The van der Waals surface area contributed by atoms with Gasteiger partial charge in [-0.25, -0.2) is 0 Å². The molecule has 3 rings (SSSR count). The van der Waals surface area contributed by atoms with E-state index in [-0.39, 0.29) is 18.2 Å². The minimum absolute atomic E-state index is 0.0279. The van der Waals surface area contributed by atoms with Crippen LogP contribution in [-0.2, 0) is 16.3 Å². The number of aromatic hydroxyl groups is 1. The minimum atomic E-state index is -0.603. The Hall–Kier alpha value is -3.04. The van der Waals surface area contributed by atoms with Crippen LogP contribution in [-0.4, -0.2) is 46.4 Å². The van der Waals surface area contributed by atoms with Gasteiger partial charge in [0.2, 0.25) is 5.88 Å². The molecule has 174 valence electrons. The predicted octanol–water partition coefficient (Wildman–Crippen LogP) is 5.85. The molecule has 0 spiro atoms. The van der Waals surface area contributed by atoms with Crippen molar-refractivity contribution in [2.75, 3.05) is 19.7 Å². The highest BCUT2D eigenvalue weighted by atomic mass is 79.9. The van der Waals surface area contributed by atoms with Crippen molar-refractivity contribution in [3.63, 3.8) is 0 Å². The Morgan fingerprint density at radius 3 is 2.58 bits per heavy atom. The van der Waals surface area contributed by atoms with Crippen LogP contribution in [0.2, 0.25) is 0 Å². The number of benzene rings is 2. The Bertz CT molecular complexity index is 1120. The quantitative estimate of drug-likeness (QED) is 0.197. The van der Waals surface area contributed by atoms with Crippen LogP contribution < -0.4 is 0 Å². The van der Waals surface area contributed by atoms with E-state index in [1.807, 2.05) is 48.5 Å². The third-order valence-electron chi connectivity index (χ3n) is 4.92. The number of halogens is 1. The Labute approximate surface area is 201 Å². The van der Waals surface area contributed by atoms with Crippen molar-refractivity contribution in [1.29, 1.82) is 0 Å². The summed E-state index contributed by atoms with van der Waals surface area (Å²) in [4.78, 5) is 19.4. The topological polar surface area (TPSA) is 91.8 Å². The Balaban J connectivity index is 1.76. The van der Waals surface area contributed by atoms with Gasteiger partial charge in [-0.15, -0.1) is 10.2 Å². The standard InChI is InChI=1S/C24H28BrN5O3/c1-3-12-29(13-4-2)17-30-21-11-10-19(25)14-20(21)23(24(30)32)28-27-22(31)16-33-26-15-18-8-6-5-7-9-18/h5-11,14-15,32H,3-4,12-13,16-17H2,1-2H3/b26-15-,28-27?. The number of hydrogen-bond donors (Lipinski definition) is 1. The third-order valence-corrected chi connectivity index (χ3v) is 5.41. The number of amides is 1. The summed E-state index contributed by atoms with van der Waals surface area (Å²) in [5, 5.41) is 23.2. The molecule has 0 unspecified atom stereocenters. The van der Waals surface area contributed by atoms with Crippen LogP contribution in [0.1, 0.15) is 32.3 Å². The molecule has 0 bridgehead atoms. The van der Waals surface area contributed by atoms with Gasteiger partial charge in [0.25, 0.3) is 0 Å². The van der Waals surface area contributed by atoms with E-state index in [0.29, 0.717) is 12.1 Å². The molecule has 0 saturated carbocycles. The van der Waals surface area contributed by atoms with Crippen LogP contribution >= 0.6 is 15.9 Å². The lowest BCUT2D eigenvalue weighted by atomic mass is 10.2. The van der Waals surface area contributed by atoms with Gasteiger partial charge in [0.1, 0.15) is 0 Å². The highest BCUT2D eigenvalue weighted by molar-refractivity contribution is 9.10. The van der Waals surface area contributed by atoms with Gasteiger partial charge in [-0.05, 0) is 49.7 Å². The SMILES string of the molecule is CCCN(CCC)Cn1c(O)c(N=NC(=O)CO/N=C\c2ccccc2)c2cc(Br)ccc21. The lowest BCUT2D eigenvalue weighted by Crippen LogP contribution is -2.27. The summed E-state index contributed by atoms with van der Waals surface area (Å²) < 4.78 is 2.64. The molecule has 8 nitrogen and oxygen atoms in total. The second-order valence-corrected chi connectivity index (χ2v) is 8.45. The van der Waals surface area contributed by atoms with Gasteiger partial charge in [-0.1, -0.05) is 65.3 Å². The maximum Gasteiger partial charge on any atom is 0.304 e. The summed E-state index contributed by atoms with van der Waals surface area (Å²) in [6, 6.07) is 15.1. The zero-order valence-corrected chi connectivity index (χ0v) is 20.4. The van der Waals surface area contributed by atoms with Gasteiger partial charge in [-0.3, -0.25) is 14.3 Å². The maximum atomic E-state index is 12.1. The van der Waals surface area contributed by atoms with E-state index in [1.54, 1.807) is 4.57 Å². The summed E-state index contributed by atoms with van der Waals surface area (Å²) in [6.45, 7) is 6.26. The zero-order valence-electron chi connectivity index (χ0n) is 18.8. The van der Waals surface area contributed by atoms with E-state index in [2.05, 4.69) is 50.1 Å². The molecular formula is C24H28BrN5O3. The molecule has 0 atom stereocenters. The molecule has 1 N–H and O–H groups in total. The normalized spacial score (nSPS) is 11.9. The first-order chi connectivity index (χ1) is 16.0. The first-order valence-corrected chi connectivity index (χ1v) is 11.7. The number of fused-ring (bicyclic) bond motifs is 1. The molecule has 9 heteroatoms. The van der Waals surface area contributed by atoms with Crippen LogP contribution in [0, 0.1) is 0 Å². The maximum absolute atomic E-state index is 12.1. The van der Waals surface area contributed by atoms with E-state index in [1.165, 1.54) is 6.21 Å². The Morgan fingerprint density at radius 2 is 1.88 bits per heavy atom. The zero-order chi connectivity index (χ0) is 23.6. The van der Waals surface area contributed by atoms with Gasteiger partial charge < -0.3 is 9.94 Å². The molecule has 2 aromatic carbocycles. The van der Waals surface area contributed by atoms with Crippen molar-refractivity contribution in [1.82, 2.24) is 9.47 Å². The second-order valence-electron chi connectivity index (χ2n) is 7.53. The summed E-state index contributed by atoms with van der Waals surface area (Å²) in [7, 11) is 0. The van der Waals surface area contributed by atoms with Crippen molar-refractivity contribution in [3.05, 3.63) is 58.6 Å². The fourth-order valence-electron chi connectivity index (χ4n) is 3.49. The molecule has 0 fully saturated rings. The van der Waals surface area contributed by atoms with Crippen LogP contribution in [0.4, 0.5) is 5.69 Å². The Kier molecular flexibility index (Phi) is 9.14. The molecule has 0 aliphatic rings. The average Bonchev–Trinajstić information content (AvgIpc) is 3.06. The van der Waals surface area contributed by atoms with Crippen LogP contribution in [0.25, 0.3) is 10.9 Å².